The first-order valence-corrected chi connectivity index (χ1v) is 14.2. The van der Waals surface area contributed by atoms with Crippen LogP contribution in [0.3, 0.4) is 0 Å². The van der Waals surface area contributed by atoms with Crippen LogP contribution in [0.2, 0.25) is 0 Å². The van der Waals surface area contributed by atoms with E-state index < -0.39 is 0 Å². The van der Waals surface area contributed by atoms with Crippen LogP contribution in [0.25, 0.3) is 44.5 Å². The SMILES string of the molecule is COc1cc(-c2ccc(-c3ccc(-c4ccc(-c5cc(OC)c(Br)cc5OC)cc4)cc3)cc2)c(OC)cc1Br. The molecule has 0 radical (unpaired) electrons. The molecule has 0 heterocycles. The molecule has 0 atom stereocenters. The Labute approximate surface area is 251 Å². The molecule has 0 saturated carbocycles. The number of benzene rings is 5. The molecule has 5 aromatic carbocycles. The molecule has 0 aliphatic rings. The van der Waals surface area contributed by atoms with Gasteiger partial charge < -0.3 is 18.9 Å². The van der Waals surface area contributed by atoms with Crippen LogP contribution >= 0.6 is 31.9 Å². The lowest BCUT2D eigenvalue weighted by molar-refractivity contribution is 0.402. The van der Waals surface area contributed by atoms with E-state index in [9.17, 15) is 0 Å². The monoisotopic (exact) mass is 658 g/mol. The molecule has 4 nitrogen and oxygen atoms in total. The van der Waals surface area contributed by atoms with E-state index in [0.717, 1.165) is 76.5 Å². The lowest BCUT2D eigenvalue weighted by Gasteiger charge is -2.13. The summed E-state index contributed by atoms with van der Waals surface area (Å²) < 4.78 is 23.9. The molecule has 0 amide bonds. The van der Waals surface area contributed by atoms with Gasteiger partial charge in [-0.1, -0.05) is 72.8 Å². The Kier molecular flexibility index (Phi) is 8.48. The molecule has 0 spiro atoms. The molecule has 40 heavy (non-hydrogen) atoms. The van der Waals surface area contributed by atoms with Gasteiger partial charge in [-0.05, 0) is 89.5 Å². The van der Waals surface area contributed by atoms with Crippen LogP contribution in [0.4, 0.5) is 0 Å². The third kappa shape index (κ3) is 5.60. The zero-order chi connectivity index (χ0) is 28.2. The van der Waals surface area contributed by atoms with Crippen molar-refractivity contribution in [2.75, 3.05) is 28.4 Å². The maximum absolute atomic E-state index is 5.61. The third-order valence-electron chi connectivity index (χ3n) is 6.89. The summed E-state index contributed by atoms with van der Waals surface area (Å²) in [5, 5.41) is 0. The second-order valence-corrected chi connectivity index (χ2v) is 10.8. The van der Waals surface area contributed by atoms with E-state index in [1.807, 2.05) is 24.3 Å². The molecule has 0 fully saturated rings. The van der Waals surface area contributed by atoms with E-state index in [-0.39, 0.29) is 0 Å². The quantitative estimate of drug-likeness (QED) is 0.166. The summed E-state index contributed by atoms with van der Waals surface area (Å²) in [4.78, 5) is 0. The van der Waals surface area contributed by atoms with Gasteiger partial charge in [-0.25, -0.2) is 0 Å². The topological polar surface area (TPSA) is 36.9 Å². The van der Waals surface area contributed by atoms with Crippen molar-refractivity contribution in [1.29, 1.82) is 0 Å². The summed E-state index contributed by atoms with van der Waals surface area (Å²) in [6.45, 7) is 0. The zero-order valence-corrected chi connectivity index (χ0v) is 25.8. The van der Waals surface area contributed by atoms with E-state index in [0.29, 0.717) is 0 Å². The van der Waals surface area contributed by atoms with Gasteiger partial charge in [0.15, 0.2) is 0 Å². The third-order valence-corrected chi connectivity index (χ3v) is 8.13. The van der Waals surface area contributed by atoms with E-state index in [1.165, 1.54) is 0 Å². The van der Waals surface area contributed by atoms with Gasteiger partial charge in [0, 0.05) is 11.1 Å². The second-order valence-electron chi connectivity index (χ2n) is 9.11. The number of hydrogen-bond acceptors (Lipinski definition) is 4. The molecular formula is C34H28Br2O4. The van der Waals surface area contributed by atoms with Crippen molar-refractivity contribution >= 4 is 31.9 Å². The minimum atomic E-state index is 0.763. The van der Waals surface area contributed by atoms with E-state index in [1.54, 1.807) is 28.4 Å². The number of ether oxygens (including phenoxy) is 4. The fourth-order valence-corrected chi connectivity index (χ4v) is 5.68. The first-order valence-electron chi connectivity index (χ1n) is 12.6. The van der Waals surface area contributed by atoms with Gasteiger partial charge in [0.2, 0.25) is 0 Å². The van der Waals surface area contributed by atoms with E-state index >= 15 is 0 Å². The Bertz CT molecular complexity index is 1500. The average molecular weight is 660 g/mol. The summed E-state index contributed by atoms with van der Waals surface area (Å²) in [5.74, 6) is 3.10. The molecule has 202 valence electrons. The second kappa shape index (κ2) is 12.2. The van der Waals surface area contributed by atoms with Gasteiger partial charge in [-0.15, -0.1) is 0 Å². The van der Waals surface area contributed by atoms with Crippen LogP contribution in [0.5, 0.6) is 23.0 Å². The van der Waals surface area contributed by atoms with Gasteiger partial charge in [0.25, 0.3) is 0 Å². The fraction of sp³-hybridized carbons (Fsp3) is 0.118. The molecule has 0 aliphatic carbocycles. The van der Waals surface area contributed by atoms with Gasteiger partial charge >= 0.3 is 0 Å². The Hall–Kier alpha value is -3.74. The van der Waals surface area contributed by atoms with Crippen molar-refractivity contribution in [2.24, 2.45) is 0 Å². The highest BCUT2D eigenvalue weighted by Gasteiger charge is 2.13. The number of rotatable bonds is 8. The Balaban J connectivity index is 1.37. The van der Waals surface area contributed by atoms with Crippen LogP contribution < -0.4 is 18.9 Å². The van der Waals surface area contributed by atoms with Crippen molar-refractivity contribution in [3.8, 4) is 67.5 Å². The van der Waals surface area contributed by atoms with Crippen LogP contribution in [-0.2, 0) is 0 Å². The smallest absolute Gasteiger partial charge is 0.133 e. The predicted octanol–water partition coefficient (Wildman–Crippen LogP) is 9.91. The van der Waals surface area contributed by atoms with Crippen molar-refractivity contribution in [1.82, 2.24) is 0 Å². The number of halogens is 2. The maximum Gasteiger partial charge on any atom is 0.133 e. The molecule has 5 aromatic rings. The first kappa shape index (κ1) is 27.8. The van der Waals surface area contributed by atoms with Crippen LogP contribution in [0.15, 0.2) is 106 Å². The first-order chi connectivity index (χ1) is 19.4. The lowest BCUT2D eigenvalue weighted by atomic mass is 9.96. The molecule has 0 aromatic heterocycles. The average Bonchev–Trinajstić information content (AvgIpc) is 3.01. The molecule has 0 bridgehead atoms. The summed E-state index contributed by atoms with van der Waals surface area (Å²) in [6, 6.07) is 33.4. The fourth-order valence-electron chi connectivity index (χ4n) is 4.71. The summed E-state index contributed by atoms with van der Waals surface area (Å²) in [5.41, 5.74) is 8.67. The lowest BCUT2D eigenvalue weighted by Crippen LogP contribution is -1.92. The van der Waals surface area contributed by atoms with Crippen LogP contribution in [0.1, 0.15) is 0 Å². The highest BCUT2D eigenvalue weighted by Crippen LogP contribution is 2.40. The molecule has 0 aliphatic heterocycles. The van der Waals surface area contributed by atoms with Gasteiger partial charge in [0.1, 0.15) is 23.0 Å². The summed E-state index contributed by atoms with van der Waals surface area (Å²) in [6.07, 6.45) is 0. The van der Waals surface area contributed by atoms with Crippen LogP contribution in [0, 0.1) is 0 Å². The largest absolute Gasteiger partial charge is 0.496 e. The van der Waals surface area contributed by atoms with Gasteiger partial charge in [0.05, 0.1) is 37.4 Å². The highest BCUT2D eigenvalue weighted by atomic mass is 79.9. The maximum atomic E-state index is 5.61. The normalized spacial score (nSPS) is 10.8. The zero-order valence-electron chi connectivity index (χ0n) is 22.6. The Morgan fingerprint density at radius 1 is 0.350 bits per heavy atom. The van der Waals surface area contributed by atoms with Gasteiger partial charge in [-0.2, -0.15) is 0 Å². The van der Waals surface area contributed by atoms with Crippen molar-refractivity contribution in [2.45, 2.75) is 0 Å². The Morgan fingerprint density at radius 2 is 0.600 bits per heavy atom. The van der Waals surface area contributed by atoms with E-state index in [2.05, 4.69) is 105 Å². The molecule has 0 N–H and O–H groups in total. The standard InChI is InChI=1S/C34H28Br2O4/c1-37-31-19-29(35)33(39-3)17-27(31)25-13-9-23(10-14-25)21-5-7-22(8-6-21)24-11-15-26(16-12-24)28-18-34(40-4)30(36)20-32(28)38-2/h5-20H,1-4H3. The molecule has 6 heteroatoms. The van der Waals surface area contributed by atoms with Gasteiger partial charge in [-0.3, -0.25) is 0 Å². The predicted molar refractivity (Wildman–Crippen MR) is 170 cm³/mol. The van der Waals surface area contributed by atoms with Crippen molar-refractivity contribution in [3.05, 3.63) is 106 Å². The molecule has 5 rings (SSSR count). The van der Waals surface area contributed by atoms with Crippen molar-refractivity contribution in [3.63, 3.8) is 0 Å². The van der Waals surface area contributed by atoms with Crippen LogP contribution in [-0.4, -0.2) is 28.4 Å². The minimum absolute atomic E-state index is 0.763. The highest BCUT2D eigenvalue weighted by molar-refractivity contribution is 9.11. The van der Waals surface area contributed by atoms with E-state index in [4.69, 9.17) is 18.9 Å². The minimum Gasteiger partial charge on any atom is -0.496 e. The number of methoxy groups -OCH3 is 4. The molecular weight excluding hydrogens is 632 g/mol. The number of hydrogen-bond donors (Lipinski definition) is 0. The van der Waals surface area contributed by atoms with Crippen molar-refractivity contribution < 1.29 is 18.9 Å². The summed E-state index contributed by atoms with van der Waals surface area (Å²) >= 11 is 7.06. The summed E-state index contributed by atoms with van der Waals surface area (Å²) in [7, 11) is 6.68. The molecule has 0 saturated heterocycles. The Morgan fingerprint density at radius 3 is 0.850 bits per heavy atom. The molecule has 0 unspecified atom stereocenters.